The zero-order valence-corrected chi connectivity index (χ0v) is 11.8. The molecule has 0 aromatic heterocycles. The van der Waals surface area contributed by atoms with Crippen molar-refractivity contribution in [1.29, 1.82) is 5.41 Å². The van der Waals surface area contributed by atoms with E-state index < -0.39 is 12.1 Å². The van der Waals surface area contributed by atoms with Gasteiger partial charge < -0.3 is 15.9 Å². The maximum Gasteiger partial charge on any atom is 0.334 e. The van der Waals surface area contributed by atoms with Gasteiger partial charge in [0.2, 0.25) is 0 Å². The molecule has 5 heteroatoms. The minimum Gasteiger partial charge on any atom is -0.453 e. The van der Waals surface area contributed by atoms with Gasteiger partial charge in [0.15, 0.2) is 0 Å². The number of hydrogen-bond donors (Lipinski definition) is 2. The summed E-state index contributed by atoms with van der Waals surface area (Å²) in [5, 5.41) is 7.95. The zero-order valence-electron chi connectivity index (χ0n) is 11.0. The van der Waals surface area contributed by atoms with Crippen molar-refractivity contribution in [2.75, 3.05) is 0 Å². The number of nitrogens with one attached hydrogen (secondary N) is 1. The average molecular weight is 291 g/mol. The van der Waals surface area contributed by atoms with E-state index in [2.05, 4.69) is 6.58 Å². The van der Waals surface area contributed by atoms with Crippen LogP contribution in [0.5, 0.6) is 0 Å². The van der Waals surface area contributed by atoms with Crippen LogP contribution < -0.4 is 5.73 Å². The number of halogens is 1. The van der Waals surface area contributed by atoms with Crippen LogP contribution in [-0.2, 0) is 9.53 Å². The van der Waals surface area contributed by atoms with Crippen molar-refractivity contribution in [3.63, 3.8) is 0 Å². The van der Waals surface area contributed by atoms with Gasteiger partial charge in [-0.2, -0.15) is 0 Å². The first-order valence-corrected chi connectivity index (χ1v) is 6.49. The summed E-state index contributed by atoms with van der Waals surface area (Å²) < 4.78 is 5.37. The molecule has 0 spiro atoms. The normalized spacial score (nSPS) is 22.8. The Hall–Kier alpha value is -2.07. The van der Waals surface area contributed by atoms with E-state index >= 15 is 0 Å². The lowest BCUT2D eigenvalue weighted by molar-refractivity contribution is -0.139. The van der Waals surface area contributed by atoms with Gasteiger partial charge in [0, 0.05) is 40.1 Å². The third-order valence-electron chi connectivity index (χ3n) is 3.47. The molecule has 2 rings (SSSR count). The van der Waals surface area contributed by atoms with Crippen molar-refractivity contribution >= 4 is 29.4 Å². The predicted octanol–water partition coefficient (Wildman–Crippen LogP) is 3.08. The largest absolute Gasteiger partial charge is 0.453 e. The molecule has 1 fully saturated rings. The van der Waals surface area contributed by atoms with Crippen LogP contribution in [0.25, 0.3) is 5.57 Å². The van der Waals surface area contributed by atoms with Gasteiger partial charge in [-0.15, -0.1) is 0 Å². The highest BCUT2D eigenvalue weighted by Crippen LogP contribution is 2.41. The molecule has 0 saturated carbocycles. The fourth-order valence-corrected chi connectivity index (χ4v) is 2.42. The van der Waals surface area contributed by atoms with Crippen LogP contribution in [0.15, 0.2) is 36.6 Å². The van der Waals surface area contributed by atoms with Gasteiger partial charge >= 0.3 is 5.97 Å². The molecule has 1 saturated heterocycles. The maximum absolute atomic E-state index is 11.6. The molecule has 20 heavy (non-hydrogen) atoms. The third-order valence-corrected chi connectivity index (χ3v) is 3.70. The molecule has 0 radical (unpaired) electrons. The molecule has 1 aliphatic heterocycles. The van der Waals surface area contributed by atoms with Crippen molar-refractivity contribution in [2.24, 2.45) is 11.7 Å². The first-order chi connectivity index (χ1) is 9.49. The van der Waals surface area contributed by atoms with Gasteiger partial charge in [-0.3, -0.25) is 0 Å². The Morgan fingerprint density at radius 1 is 1.55 bits per heavy atom. The molecule has 1 aromatic carbocycles. The second-order valence-corrected chi connectivity index (χ2v) is 5.07. The number of hydrogen-bond acceptors (Lipinski definition) is 4. The number of nitrogens with two attached hydrogens (primary N) is 1. The minimum absolute atomic E-state index is 0.149. The van der Waals surface area contributed by atoms with Crippen LogP contribution >= 0.6 is 11.6 Å². The van der Waals surface area contributed by atoms with Gasteiger partial charge in [-0.1, -0.05) is 31.2 Å². The van der Waals surface area contributed by atoms with Gasteiger partial charge in [-0.05, 0) is 17.7 Å². The van der Waals surface area contributed by atoms with Crippen LogP contribution in [-0.4, -0.2) is 12.2 Å². The topological polar surface area (TPSA) is 76.2 Å². The SMILES string of the molecule is C=C1C(=O)OC(c2cc(Cl)ccc2/C(C=N)=C/N)C1C. The highest BCUT2D eigenvalue weighted by molar-refractivity contribution is 6.30. The summed E-state index contributed by atoms with van der Waals surface area (Å²) in [5.74, 6) is -0.550. The molecule has 104 valence electrons. The molecule has 4 nitrogen and oxygen atoms in total. The van der Waals surface area contributed by atoms with E-state index in [1.807, 2.05) is 6.92 Å². The quantitative estimate of drug-likeness (QED) is 0.510. The van der Waals surface area contributed by atoms with E-state index in [4.69, 9.17) is 27.5 Å². The standard InChI is InChI=1S/C15H15ClN2O2/c1-8-9(2)15(19)20-14(8)13-5-11(16)3-4-12(13)10(6-17)7-18/h3-8,14,17H,2,18H2,1H3/b10-7+,17-6?. The molecular formula is C15H15ClN2O2. The van der Waals surface area contributed by atoms with Crippen molar-refractivity contribution in [2.45, 2.75) is 13.0 Å². The molecule has 2 atom stereocenters. The molecule has 3 N–H and O–H groups in total. The summed E-state index contributed by atoms with van der Waals surface area (Å²) in [5.41, 5.74) is 7.98. The van der Waals surface area contributed by atoms with Crippen LogP contribution in [0.3, 0.4) is 0 Å². The van der Waals surface area contributed by atoms with Gasteiger partial charge in [0.25, 0.3) is 0 Å². The van der Waals surface area contributed by atoms with E-state index in [1.165, 1.54) is 6.20 Å². The molecule has 1 aliphatic rings. The van der Waals surface area contributed by atoms with Crippen LogP contribution in [0.2, 0.25) is 5.02 Å². The first-order valence-electron chi connectivity index (χ1n) is 6.11. The second kappa shape index (κ2) is 5.51. The van der Waals surface area contributed by atoms with E-state index in [9.17, 15) is 4.79 Å². The molecule has 1 aromatic rings. The number of carbonyl (C=O) groups excluding carboxylic acids is 1. The molecule has 2 unspecified atom stereocenters. The Morgan fingerprint density at radius 3 is 2.75 bits per heavy atom. The summed E-state index contributed by atoms with van der Waals surface area (Å²) in [6.07, 6.45) is 2.04. The molecular weight excluding hydrogens is 276 g/mol. The lowest BCUT2D eigenvalue weighted by atomic mass is 9.89. The van der Waals surface area contributed by atoms with Crippen LogP contribution in [0, 0.1) is 11.3 Å². The Bertz CT molecular complexity index is 622. The van der Waals surface area contributed by atoms with Crippen molar-refractivity contribution < 1.29 is 9.53 Å². The van der Waals surface area contributed by atoms with Gasteiger partial charge in [0.1, 0.15) is 6.10 Å². The summed E-state index contributed by atoms with van der Waals surface area (Å²) in [7, 11) is 0. The average Bonchev–Trinajstić information content (AvgIpc) is 2.69. The number of cyclic esters (lactones) is 1. The molecule has 1 heterocycles. The fraction of sp³-hybridized carbons (Fsp3) is 0.200. The van der Waals surface area contributed by atoms with E-state index in [-0.39, 0.29) is 5.92 Å². The third kappa shape index (κ3) is 2.34. The number of rotatable bonds is 3. The predicted molar refractivity (Wildman–Crippen MR) is 79.5 cm³/mol. The Morgan fingerprint density at radius 2 is 2.25 bits per heavy atom. The van der Waals surface area contributed by atoms with E-state index in [0.717, 1.165) is 17.3 Å². The van der Waals surface area contributed by atoms with Crippen molar-refractivity contribution in [3.05, 3.63) is 52.7 Å². The zero-order chi connectivity index (χ0) is 14.9. The Labute approximate surface area is 122 Å². The first kappa shape index (κ1) is 14.3. The highest BCUT2D eigenvalue weighted by Gasteiger charge is 2.37. The summed E-state index contributed by atoms with van der Waals surface area (Å²) in [6, 6.07) is 5.21. The summed E-state index contributed by atoms with van der Waals surface area (Å²) in [6.45, 7) is 5.61. The maximum atomic E-state index is 11.6. The molecule has 0 bridgehead atoms. The number of benzene rings is 1. The minimum atomic E-state index is -0.460. The Balaban J connectivity index is 2.56. The smallest absolute Gasteiger partial charge is 0.334 e. The number of ether oxygens (including phenoxy) is 1. The summed E-state index contributed by atoms with van der Waals surface area (Å²) in [4.78, 5) is 11.6. The lowest BCUT2D eigenvalue weighted by Crippen LogP contribution is -2.08. The van der Waals surface area contributed by atoms with Crippen LogP contribution in [0.4, 0.5) is 0 Å². The van der Waals surface area contributed by atoms with Crippen LogP contribution in [0.1, 0.15) is 24.2 Å². The fourth-order valence-electron chi connectivity index (χ4n) is 2.24. The lowest BCUT2D eigenvalue weighted by Gasteiger charge is -2.18. The monoisotopic (exact) mass is 290 g/mol. The Kier molecular flexibility index (Phi) is 3.95. The number of allylic oxidation sites excluding steroid dienone is 1. The summed E-state index contributed by atoms with van der Waals surface area (Å²) >= 11 is 6.04. The number of esters is 1. The van der Waals surface area contributed by atoms with Crippen molar-refractivity contribution in [3.8, 4) is 0 Å². The molecule has 0 amide bonds. The van der Waals surface area contributed by atoms with Gasteiger partial charge in [0.05, 0.1) is 0 Å². The van der Waals surface area contributed by atoms with E-state index in [0.29, 0.717) is 16.2 Å². The highest BCUT2D eigenvalue weighted by atomic mass is 35.5. The van der Waals surface area contributed by atoms with Crippen molar-refractivity contribution in [1.82, 2.24) is 0 Å². The second-order valence-electron chi connectivity index (χ2n) is 4.64. The number of carbonyl (C=O) groups is 1. The van der Waals surface area contributed by atoms with E-state index in [1.54, 1.807) is 18.2 Å². The molecule has 0 aliphatic carbocycles. The van der Waals surface area contributed by atoms with Gasteiger partial charge in [-0.25, -0.2) is 4.79 Å².